The van der Waals surface area contributed by atoms with Crippen molar-refractivity contribution in [3.05, 3.63) is 68.8 Å². The molecular weight excluding hydrogens is 270 g/mol. The Labute approximate surface area is 122 Å². The fourth-order valence-corrected chi connectivity index (χ4v) is 2.01. The van der Waals surface area contributed by atoms with E-state index in [1.807, 2.05) is 26.8 Å². The number of benzene rings is 2. The number of aryl methyl sites for hydroxylation is 2. The standard InChI is InChI=1S/C16H15NO4/c1-10-7-11(2)12(3)15(8-10)21-16(18)13-5-4-6-14(9-13)17(19)20/h4-9H,1-3H3. The molecule has 108 valence electrons. The number of hydrogen-bond acceptors (Lipinski definition) is 4. The summed E-state index contributed by atoms with van der Waals surface area (Å²) in [6.07, 6.45) is 0. The van der Waals surface area contributed by atoms with Crippen LogP contribution < -0.4 is 4.74 Å². The molecule has 0 amide bonds. The van der Waals surface area contributed by atoms with Crippen molar-refractivity contribution in [3.8, 4) is 5.75 Å². The molecule has 5 heteroatoms. The third-order valence-corrected chi connectivity index (χ3v) is 3.26. The van der Waals surface area contributed by atoms with E-state index in [4.69, 9.17) is 4.74 Å². The van der Waals surface area contributed by atoms with Crippen molar-refractivity contribution in [2.24, 2.45) is 0 Å². The Kier molecular flexibility index (Phi) is 4.03. The molecule has 5 nitrogen and oxygen atoms in total. The summed E-state index contributed by atoms with van der Waals surface area (Å²) in [6, 6.07) is 9.27. The summed E-state index contributed by atoms with van der Waals surface area (Å²) in [5.74, 6) is -0.129. The summed E-state index contributed by atoms with van der Waals surface area (Å²) in [7, 11) is 0. The number of nitro benzene ring substituents is 1. The van der Waals surface area contributed by atoms with Crippen LogP contribution in [0.5, 0.6) is 5.75 Å². The van der Waals surface area contributed by atoms with Crippen molar-refractivity contribution in [2.45, 2.75) is 20.8 Å². The van der Waals surface area contributed by atoms with Crippen molar-refractivity contribution < 1.29 is 14.5 Å². The van der Waals surface area contributed by atoms with Crippen molar-refractivity contribution in [2.75, 3.05) is 0 Å². The zero-order valence-corrected chi connectivity index (χ0v) is 12.0. The first-order chi connectivity index (χ1) is 9.88. The van der Waals surface area contributed by atoms with Crippen LogP contribution in [0, 0.1) is 30.9 Å². The molecule has 0 N–H and O–H groups in total. The van der Waals surface area contributed by atoms with Gasteiger partial charge in [0.05, 0.1) is 10.5 Å². The van der Waals surface area contributed by atoms with Crippen LogP contribution in [0.3, 0.4) is 0 Å². The molecule has 0 radical (unpaired) electrons. The topological polar surface area (TPSA) is 69.4 Å². The second-order valence-electron chi connectivity index (χ2n) is 4.90. The van der Waals surface area contributed by atoms with E-state index in [-0.39, 0.29) is 11.3 Å². The number of esters is 1. The second kappa shape index (κ2) is 5.75. The van der Waals surface area contributed by atoms with E-state index >= 15 is 0 Å². The summed E-state index contributed by atoms with van der Waals surface area (Å²) in [5.41, 5.74) is 2.90. The minimum Gasteiger partial charge on any atom is -0.423 e. The molecule has 2 aromatic carbocycles. The molecule has 0 unspecified atom stereocenters. The summed E-state index contributed by atoms with van der Waals surface area (Å²) in [5, 5.41) is 10.7. The third kappa shape index (κ3) is 3.25. The number of nitro groups is 1. The highest BCUT2D eigenvalue weighted by molar-refractivity contribution is 5.91. The molecule has 0 bridgehead atoms. The average molecular weight is 285 g/mol. The first-order valence-electron chi connectivity index (χ1n) is 6.43. The van der Waals surface area contributed by atoms with Crippen molar-refractivity contribution in [1.29, 1.82) is 0 Å². The number of non-ortho nitro benzene ring substituents is 1. The largest absolute Gasteiger partial charge is 0.423 e. The van der Waals surface area contributed by atoms with E-state index in [0.717, 1.165) is 16.7 Å². The van der Waals surface area contributed by atoms with Crippen LogP contribution in [0.4, 0.5) is 5.69 Å². The Morgan fingerprint density at radius 3 is 2.52 bits per heavy atom. The van der Waals surface area contributed by atoms with Gasteiger partial charge in [-0.25, -0.2) is 4.79 Å². The molecule has 2 aromatic rings. The monoisotopic (exact) mass is 285 g/mol. The summed E-state index contributed by atoms with van der Waals surface area (Å²) in [6.45, 7) is 5.72. The predicted molar refractivity (Wildman–Crippen MR) is 78.7 cm³/mol. The van der Waals surface area contributed by atoms with Crippen LogP contribution in [-0.4, -0.2) is 10.9 Å². The maximum atomic E-state index is 12.1. The van der Waals surface area contributed by atoms with E-state index in [1.54, 1.807) is 6.07 Å². The van der Waals surface area contributed by atoms with Gasteiger partial charge in [0.15, 0.2) is 0 Å². The van der Waals surface area contributed by atoms with Gasteiger partial charge in [-0.2, -0.15) is 0 Å². The molecule has 0 saturated carbocycles. The quantitative estimate of drug-likeness (QED) is 0.373. The molecule has 2 rings (SSSR count). The van der Waals surface area contributed by atoms with Crippen LogP contribution >= 0.6 is 0 Å². The van der Waals surface area contributed by atoms with Gasteiger partial charge >= 0.3 is 5.97 Å². The van der Waals surface area contributed by atoms with Crippen LogP contribution in [0.15, 0.2) is 36.4 Å². The minimum atomic E-state index is -0.605. The molecule has 21 heavy (non-hydrogen) atoms. The van der Waals surface area contributed by atoms with E-state index in [1.165, 1.54) is 24.3 Å². The van der Waals surface area contributed by atoms with Gasteiger partial charge in [-0.3, -0.25) is 10.1 Å². The SMILES string of the molecule is Cc1cc(C)c(C)c(OC(=O)c2cccc([N+](=O)[O-])c2)c1. The van der Waals surface area contributed by atoms with Crippen LogP contribution in [0.2, 0.25) is 0 Å². The number of rotatable bonds is 3. The highest BCUT2D eigenvalue weighted by Crippen LogP contribution is 2.24. The molecule has 0 aliphatic carbocycles. The number of carbonyl (C=O) groups is 1. The summed E-state index contributed by atoms with van der Waals surface area (Å²) < 4.78 is 5.37. The van der Waals surface area contributed by atoms with E-state index in [9.17, 15) is 14.9 Å². The Hall–Kier alpha value is -2.69. The number of nitrogens with zero attached hydrogens (tertiary/aromatic N) is 1. The van der Waals surface area contributed by atoms with Gasteiger partial charge in [0, 0.05) is 12.1 Å². The van der Waals surface area contributed by atoms with Crippen molar-refractivity contribution >= 4 is 11.7 Å². The van der Waals surface area contributed by atoms with Gasteiger partial charge in [0.1, 0.15) is 5.75 Å². The van der Waals surface area contributed by atoms with Gasteiger partial charge in [-0.15, -0.1) is 0 Å². The molecule has 0 aromatic heterocycles. The number of carbonyl (C=O) groups excluding carboxylic acids is 1. The van der Waals surface area contributed by atoms with Gasteiger partial charge in [-0.05, 0) is 49.6 Å². The highest BCUT2D eigenvalue weighted by atomic mass is 16.6. The molecule has 0 aliphatic heterocycles. The smallest absolute Gasteiger partial charge is 0.343 e. The fraction of sp³-hybridized carbons (Fsp3) is 0.188. The molecular formula is C16H15NO4. The lowest BCUT2D eigenvalue weighted by Crippen LogP contribution is -2.10. The molecule has 0 atom stereocenters. The summed E-state index contributed by atoms with van der Waals surface area (Å²) >= 11 is 0. The Morgan fingerprint density at radius 1 is 1.14 bits per heavy atom. The molecule has 0 aliphatic rings. The first-order valence-corrected chi connectivity index (χ1v) is 6.43. The lowest BCUT2D eigenvalue weighted by molar-refractivity contribution is -0.384. The maximum Gasteiger partial charge on any atom is 0.343 e. The van der Waals surface area contributed by atoms with Gasteiger partial charge in [-0.1, -0.05) is 12.1 Å². The lowest BCUT2D eigenvalue weighted by Gasteiger charge is -2.10. The van der Waals surface area contributed by atoms with E-state index in [0.29, 0.717) is 5.75 Å². The third-order valence-electron chi connectivity index (χ3n) is 3.26. The van der Waals surface area contributed by atoms with Crippen LogP contribution in [0.25, 0.3) is 0 Å². The highest BCUT2D eigenvalue weighted by Gasteiger charge is 2.15. The van der Waals surface area contributed by atoms with E-state index in [2.05, 4.69) is 0 Å². The zero-order chi connectivity index (χ0) is 15.6. The van der Waals surface area contributed by atoms with E-state index < -0.39 is 10.9 Å². The number of ether oxygens (including phenoxy) is 1. The predicted octanol–water partition coefficient (Wildman–Crippen LogP) is 3.74. The lowest BCUT2D eigenvalue weighted by atomic mass is 10.1. The van der Waals surface area contributed by atoms with Gasteiger partial charge in [0.25, 0.3) is 5.69 Å². The molecule has 0 spiro atoms. The second-order valence-corrected chi connectivity index (χ2v) is 4.90. The maximum absolute atomic E-state index is 12.1. The molecule has 0 fully saturated rings. The minimum absolute atomic E-state index is 0.137. The summed E-state index contributed by atoms with van der Waals surface area (Å²) in [4.78, 5) is 22.3. The zero-order valence-electron chi connectivity index (χ0n) is 12.0. The molecule has 0 saturated heterocycles. The Bertz CT molecular complexity index is 722. The van der Waals surface area contributed by atoms with Crippen molar-refractivity contribution in [1.82, 2.24) is 0 Å². The fourth-order valence-electron chi connectivity index (χ4n) is 2.01. The van der Waals surface area contributed by atoms with Gasteiger partial charge < -0.3 is 4.74 Å². The van der Waals surface area contributed by atoms with Gasteiger partial charge in [0.2, 0.25) is 0 Å². The Morgan fingerprint density at radius 2 is 1.86 bits per heavy atom. The number of hydrogen-bond donors (Lipinski definition) is 0. The van der Waals surface area contributed by atoms with Crippen LogP contribution in [-0.2, 0) is 0 Å². The first kappa shape index (κ1) is 14.7. The van der Waals surface area contributed by atoms with Crippen LogP contribution in [0.1, 0.15) is 27.0 Å². The average Bonchev–Trinajstić information content (AvgIpc) is 2.44. The normalized spacial score (nSPS) is 10.2. The van der Waals surface area contributed by atoms with Crippen molar-refractivity contribution in [3.63, 3.8) is 0 Å². The Balaban J connectivity index is 2.30. The molecule has 0 heterocycles.